The number of benzene rings is 1. The third kappa shape index (κ3) is 4.00. The molecule has 0 amide bonds. The highest BCUT2D eigenvalue weighted by molar-refractivity contribution is 6.64. The van der Waals surface area contributed by atoms with Crippen LogP contribution in [0.5, 0.6) is 0 Å². The Bertz CT molecular complexity index is 264. The van der Waals surface area contributed by atoms with Crippen molar-refractivity contribution in [2.75, 3.05) is 0 Å². The van der Waals surface area contributed by atoms with Crippen molar-refractivity contribution in [1.29, 1.82) is 0 Å². The number of hydrogen-bond donors (Lipinski definition) is 0. The van der Waals surface area contributed by atoms with Gasteiger partial charge in [-0.1, -0.05) is 44.6 Å². The van der Waals surface area contributed by atoms with Crippen LogP contribution in [0.15, 0.2) is 30.3 Å². The second-order valence-corrected chi connectivity index (χ2v) is 5.39. The molecule has 0 N–H and O–H groups in total. The van der Waals surface area contributed by atoms with Crippen molar-refractivity contribution in [2.45, 2.75) is 20.5 Å². The van der Waals surface area contributed by atoms with E-state index in [2.05, 4.69) is 24.6 Å². The first-order chi connectivity index (χ1) is 5.29. The van der Waals surface area contributed by atoms with Crippen molar-refractivity contribution in [3.8, 4) is 11.5 Å². The Hall–Kier alpha value is -1.00. The fourth-order valence-electron chi connectivity index (χ4n) is 0.749. The van der Waals surface area contributed by atoms with E-state index in [1.54, 1.807) is 0 Å². The van der Waals surface area contributed by atoms with E-state index in [9.17, 15) is 0 Å². The number of rotatable bonds is 0. The van der Waals surface area contributed by atoms with Crippen LogP contribution >= 0.6 is 0 Å². The van der Waals surface area contributed by atoms with Gasteiger partial charge >= 0.3 is 0 Å². The lowest BCUT2D eigenvalue weighted by molar-refractivity contribution is 1.65. The molecule has 0 saturated heterocycles. The molecular weight excluding hydrogens is 160 g/mol. The maximum absolute atomic E-state index is 3.25. The van der Waals surface area contributed by atoms with Gasteiger partial charge in [-0.05, 0) is 12.1 Å². The van der Waals surface area contributed by atoms with Crippen LogP contribution in [-0.2, 0) is 0 Å². The molecule has 1 aromatic rings. The molecule has 0 aliphatic heterocycles. The van der Waals surface area contributed by atoms with E-state index >= 15 is 0 Å². The molecule has 0 bridgehead atoms. The summed E-state index contributed by atoms with van der Waals surface area (Å²) >= 11 is 0. The first-order valence-electron chi connectivity index (χ1n) is 3.85. The highest BCUT2D eigenvalue weighted by atomic mass is 28.3. The van der Waals surface area contributed by atoms with Crippen LogP contribution in [0, 0.1) is 11.5 Å². The molecule has 0 saturated carbocycles. The topological polar surface area (TPSA) is 0 Å². The van der Waals surface area contributed by atoms with Gasteiger partial charge in [0.2, 0.25) is 0 Å². The molecule has 0 radical (unpaired) electrons. The van der Waals surface area contributed by atoms with Gasteiger partial charge in [0, 0.05) is 5.56 Å². The van der Waals surface area contributed by atoms with E-state index in [-0.39, 0.29) is 7.43 Å². The monoisotopic (exact) mass is 176 g/mol. The molecule has 0 spiro atoms. The molecule has 0 heterocycles. The van der Waals surface area contributed by atoms with Crippen molar-refractivity contribution in [2.24, 2.45) is 0 Å². The molecule has 0 unspecified atom stereocenters. The van der Waals surface area contributed by atoms with E-state index in [0.717, 1.165) is 5.56 Å². The van der Waals surface area contributed by atoms with Gasteiger partial charge in [-0.2, -0.15) is 0 Å². The van der Waals surface area contributed by atoms with Gasteiger partial charge < -0.3 is 0 Å². The molecule has 0 nitrogen and oxygen atoms in total. The zero-order valence-electron chi connectivity index (χ0n) is 6.96. The van der Waals surface area contributed by atoms with Gasteiger partial charge in [-0.15, -0.1) is 5.54 Å². The molecule has 0 aliphatic rings. The molecular formula is C11H16Si. The Morgan fingerprint density at radius 1 is 1.08 bits per heavy atom. The smallest absolute Gasteiger partial charge is 0.117 e. The van der Waals surface area contributed by atoms with Crippen molar-refractivity contribution in [1.82, 2.24) is 0 Å². The summed E-state index contributed by atoms with van der Waals surface area (Å²) in [6, 6.07) is 10.1. The van der Waals surface area contributed by atoms with Crippen LogP contribution in [0.25, 0.3) is 0 Å². The number of hydrogen-bond acceptors (Lipinski definition) is 0. The average Bonchev–Trinajstić information content (AvgIpc) is 2.03. The quantitative estimate of drug-likeness (QED) is 0.421. The van der Waals surface area contributed by atoms with Crippen LogP contribution in [-0.4, -0.2) is 8.80 Å². The second-order valence-electron chi connectivity index (χ2n) is 2.79. The lowest BCUT2D eigenvalue weighted by Crippen LogP contribution is -1.93. The lowest BCUT2D eigenvalue weighted by Gasteiger charge is -1.87. The molecule has 0 aromatic heterocycles. The minimum Gasteiger partial charge on any atom is -0.131 e. The summed E-state index contributed by atoms with van der Waals surface area (Å²) in [5.41, 5.74) is 4.38. The first-order valence-corrected chi connectivity index (χ1v) is 6.74. The van der Waals surface area contributed by atoms with Crippen LogP contribution in [0.1, 0.15) is 13.0 Å². The Morgan fingerprint density at radius 2 is 1.67 bits per heavy atom. The molecule has 0 fully saturated rings. The molecule has 1 heteroatoms. The molecule has 0 aliphatic carbocycles. The van der Waals surface area contributed by atoms with Crippen LogP contribution < -0.4 is 0 Å². The molecule has 64 valence electrons. The van der Waals surface area contributed by atoms with E-state index in [1.165, 1.54) is 0 Å². The second kappa shape index (κ2) is 5.62. The summed E-state index contributed by atoms with van der Waals surface area (Å²) in [5, 5.41) is 0. The molecule has 1 aromatic carbocycles. The predicted molar refractivity (Wildman–Crippen MR) is 58.9 cm³/mol. The van der Waals surface area contributed by atoms with Crippen LogP contribution in [0.3, 0.4) is 0 Å². The maximum atomic E-state index is 3.25. The highest BCUT2D eigenvalue weighted by Gasteiger charge is 1.85. The summed E-state index contributed by atoms with van der Waals surface area (Å²) in [7, 11) is -0.701. The van der Waals surface area contributed by atoms with E-state index in [1.807, 2.05) is 30.3 Å². The van der Waals surface area contributed by atoms with Crippen molar-refractivity contribution in [3.05, 3.63) is 35.9 Å². The van der Waals surface area contributed by atoms with E-state index in [4.69, 9.17) is 0 Å². The third-order valence-electron chi connectivity index (χ3n) is 1.28. The first kappa shape index (κ1) is 11.0. The summed E-state index contributed by atoms with van der Waals surface area (Å²) in [5.74, 6) is 3.16. The van der Waals surface area contributed by atoms with Gasteiger partial charge in [0.05, 0.1) is 0 Å². The van der Waals surface area contributed by atoms with Gasteiger partial charge in [0.25, 0.3) is 0 Å². The average molecular weight is 176 g/mol. The van der Waals surface area contributed by atoms with Gasteiger partial charge in [-0.25, -0.2) is 0 Å². The summed E-state index contributed by atoms with van der Waals surface area (Å²) in [4.78, 5) is 0. The fraction of sp³-hybridized carbons (Fsp3) is 0.273. The zero-order chi connectivity index (χ0) is 8.10. The fourth-order valence-corrected chi connectivity index (χ4v) is 1.20. The Balaban J connectivity index is 0.00000121. The van der Waals surface area contributed by atoms with Gasteiger partial charge in [0.15, 0.2) is 0 Å². The van der Waals surface area contributed by atoms with E-state index in [0.29, 0.717) is 0 Å². The van der Waals surface area contributed by atoms with Crippen LogP contribution in [0.4, 0.5) is 0 Å². The minimum absolute atomic E-state index is 0. The zero-order valence-corrected chi connectivity index (χ0v) is 8.12. The van der Waals surface area contributed by atoms with Crippen molar-refractivity contribution < 1.29 is 0 Å². The Labute approximate surface area is 77.2 Å². The lowest BCUT2D eigenvalue weighted by atomic mass is 10.2. The molecule has 0 atom stereocenters. The minimum atomic E-state index is -0.701. The normalized spacial score (nSPS) is 8.25. The highest BCUT2D eigenvalue weighted by Crippen LogP contribution is 1.94. The summed E-state index contributed by atoms with van der Waals surface area (Å²) < 4.78 is 0. The molecule has 1 rings (SSSR count). The predicted octanol–water partition coefficient (Wildman–Crippen LogP) is 2.70. The SMILES string of the molecule is C.C[SiH](C)C#Cc1ccccc1. The van der Waals surface area contributed by atoms with Gasteiger partial charge in [0.1, 0.15) is 8.80 Å². The summed E-state index contributed by atoms with van der Waals surface area (Å²) in [6.45, 7) is 4.46. The van der Waals surface area contributed by atoms with Crippen molar-refractivity contribution in [3.63, 3.8) is 0 Å². The molecule has 12 heavy (non-hydrogen) atoms. The Kier molecular flexibility index (Phi) is 5.15. The summed E-state index contributed by atoms with van der Waals surface area (Å²) in [6.07, 6.45) is 0. The standard InChI is InChI=1S/C10H12Si.CH4/c1-11(2)9-8-10-6-4-3-5-7-10;/h3-7,11H,1-2H3;1H4. The largest absolute Gasteiger partial charge is 0.131 e. The van der Waals surface area contributed by atoms with Crippen LogP contribution in [0.2, 0.25) is 13.1 Å². The van der Waals surface area contributed by atoms with E-state index < -0.39 is 8.80 Å². The third-order valence-corrected chi connectivity index (χ3v) is 2.00. The Morgan fingerprint density at radius 3 is 2.17 bits per heavy atom. The van der Waals surface area contributed by atoms with Gasteiger partial charge in [-0.3, -0.25) is 0 Å². The maximum Gasteiger partial charge on any atom is 0.117 e. The van der Waals surface area contributed by atoms with Crippen molar-refractivity contribution >= 4 is 8.80 Å².